The van der Waals surface area contributed by atoms with Gasteiger partial charge in [0.25, 0.3) is 34.9 Å². The van der Waals surface area contributed by atoms with Gasteiger partial charge in [0.1, 0.15) is 135 Å². The molecule has 22 aromatic rings. The van der Waals surface area contributed by atoms with Crippen LogP contribution in [0.4, 0.5) is 0 Å². The summed E-state index contributed by atoms with van der Waals surface area (Å²) in [4.78, 5) is 0. The van der Waals surface area contributed by atoms with Gasteiger partial charge in [0, 0.05) is 86.0 Å². The lowest BCUT2D eigenvalue weighted by Crippen LogP contribution is -2.33. The normalized spacial score (nSPS) is 13.9. The van der Waals surface area contributed by atoms with E-state index in [-0.39, 0.29) is 16.8 Å². The summed E-state index contributed by atoms with van der Waals surface area (Å²) in [7, 11) is 0. The van der Waals surface area contributed by atoms with Crippen LogP contribution in [0, 0.1) is 41.4 Å². The Kier molecular flexibility index (Phi) is 23.1. The first-order chi connectivity index (χ1) is 77.2. The first kappa shape index (κ1) is 84.9. The Hall–Kier alpha value is -17.2. The number of rotatable bonds is 14. The summed E-state index contributed by atoms with van der Waals surface area (Å²) >= 11 is 0. The fourth-order valence-corrected chi connectivity index (χ4v) is 23.2. The van der Waals surface area contributed by atoms with E-state index in [9.17, 15) is 0 Å². The minimum Gasteiger partial charge on any atom is -0.225 e. The molecule has 1 atom stereocenters. The second-order valence-electron chi connectivity index (χ2n) is 41.0. The van der Waals surface area contributed by atoms with Gasteiger partial charge in [-0.25, -0.2) is 27.4 Å². The topological polar surface area (TPSA) is 52.9 Å². The second-order valence-corrected chi connectivity index (χ2v) is 41.0. The summed E-state index contributed by atoms with van der Waals surface area (Å²) in [5.41, 5.74) is 41.6. The van der Waals surface area contributed by atoms with Gasteiger partial charge in [0.15, 0.2) is 11.4 Å². The predicted octanol–water partition coefficient (Wildman–Crippen LogP) is 29.8. The quantitative estimate of drug-likeness (QED) is 0.0975. The molecule has 0 fully saturated rings. The number of imidazole rings is 6. The van der Waals surface area contributed by atoms with E-state index in [1.807, 2.05) is 76.3 Å². The molecule has 150 heavy (non-hydrogen) atoms. The first-order valence-corrected chi connectivity index (χ1v) is 52.4. The van der Waals surface area contributed by atoms with Crippen molar-refractivity contribution in [3.05, 3.63) is 527 Å². The lowest BCUT2D eigenvalue weighted by atomic mass is 9.87. The van der Waals surface area contributed by atoms with Crippen LogP contribution in [-0.2, 0) is 39.3 Å². The van der Waals surface area contributed by atoms with E-state index in [0.717, 1.165) is 66.8 Å². The monoisotopic (exact) mass is 1970 g/mol. The first-order valence-electron chi connectivity index (χ1n) is 57.4. The molecule has 0 N–H and O–H groups in total. The summed E-state index contributed by atoms with van der Waals surface area (Å²) in [5.74, 6) is 6.73. The summed E-state index contributed by atoms with van der Waals surface area (Å²) in [5, 5.41) is 0. The molecule has 6 aliphatic rings. The minimum atomic E-state index is -2.42. The van der Waals surface area contributed by atoms with Crippen LogP contribution in [0.3, 0.4) is 0 Å². The predicted molar refractivity (Wildman–Crippen MR) is 610 cm³/mol. The third-order valence-electron chi connectivity index (χ3n) is 30.3. The Morgan fingerprint density at radius 1 is 0.267 bits per heavy atom. The molecule has 12 nitrogen and oxygen atoms in total. The van der Waals surface area contributed by atoms with Crippen molar-refractivity contribution in [3.8, 4) is 147 Å². The number of aromatic nitrogens is 12. The number of hydrogen-bond acceptors (Lipinski definition) is 0. The van der Waals surface area contributed by atoms with Crippen LogP contribution >= 0.6 is 0 Å². The van der Waals surface area contributed by atoms with Crippen molar-refractivity contribution in [2.75, 3.05) is 0 Å². The van der Waals surface area contributed by atoms with Crippen LogP contribution in [0.2, 0.25) is 0 Å². The zero-order valence-electron chi connectivity index (χ0n) is 96.9. The molecular weight excluding hydrogens is 1830 g/mol. The smallest absolute Gasteiger partial charge is 0.225 e. The Bertz CT molecular complexity index is 9120. The standard InChI is InChI=1S/C28H21N2.C25H31N2.2C24H21N2.C19H19N2.C18H17N2/c1-3-10-21(11-4-1)24-16-9-17-25(22-12-5-2-6-13-22)27(24)30-19-18-29-20-23-14-7-8-15-26(23)28(29)30;1-16(2)20-13-22(17(3)4)24(23(14-20)18(5)6)27-12-11-26-15-19-9-7-8-10-21(19)25(26)27;1-17-9-8-10-18(2)23(17)26-16-22(19-11-4-3-5-12-19)25-15-20-13-6-7-14-21(20)24(25)26;1-17-9-8-10-18(2)23(17)26-22(19-11-4-3-5-12-19)16-25-15-20-13-6-7-14-21(20)24(25)26;1-14(2)16-8-5-6-10-18(16)21-12-11-20-13-15-7-3-4-9-17(15)19(20)21;1-13-6-5-7-14(2)17(13)20-11-10-19-12-15-8-3-4-9-16(15)18(19)20/h1-19H,20H2;7-14,16-18H,15H2,1-6H3;2*3-14,16H,15H2,1-2H3;3-12,14H,13H2,1-2H3;3-11H,12H2,1-2H3/q6*+1/i;;;;1D3,14D;1D3,2D3. The molecule has 0 aliphatic carbocycles. The number of benzene rings is 16. The Balaban J connectivity index is 0.000000104. The van der Waals surface area contributed by atoms with E-state index < -0.39 is 26.4 Å². The summed E-state index contributed by atoms with van der Waals surface area (Å²) in [6.45, 7) is 22.1. The second kappa shape index (κ2) is 40.9. The van der Waals surface area contributed by atoms with Crippen molar-refractivity contribution in [1.29, 1.82) is 0 Å². The number of nitrogens with zero attached hydrogens (tertiary/aromatic N) is 12. The highest BCUT2D eigenvalue weighted by molar-refractivity contribution is 5.87. The molecule has 0 radical (unpaired) electrons. The van der Waals surface area contributed by atoms with Crippen LogP contribution < -0.4 is 27.4 Å². The Morgan fingerprint density at radius 2 is 0.607 bits per heavy atom. The number of hydrogen-bond donors (Lipinski definition) is 0. The molecule has 0 amide bonds. The van der Waals surface area contributed by atoms with Crippen molar-refractivity contribution in [2.45, 2.75) is 160 Å². The van der Waals surface area contributed by atoms with E-state index in [0.29, 0.717) is 29.9 Å². The molecule has 1 unspecified atom stereocenters. The summed E-state index contributed by atoms with van der Waals surface area (Å²) < 4.78 is 106. The lowest BCUT2D eigenvalue weighted by Gasteiger charge is -2.21. The van der Waals surface area contributed by atoms with E-state index in [2.05, 4.69) is 445 Å². The Morgan fingerprint density at radius 3 is 1.04 bits per heavy atom. The van der Waals surface area contributed by atoms with Gasteiger partial charge in [-0.3, -0.25) is 0 Å². The number of para-hydroxylation sites is 5. The van der Waals surface area contributed by atoms with Gasteiger partial charge in [0.05, 0.1) is 33.4 Å². The van der Waals surface area contributed by atoms with Crippen LogP contribution in [0.5, 0.6) is 0 Å². The molecule has 736 valence electrons. The molecule has 0 saturated carbocycles. The van der Waals surface area contributed by atoms with Crippen molar-refractivity contribution in [3.63, 3.8) is 0 Å². The van der Waals surface area contributed by atoms with E-state index in [1.54, 1.807) is 22.9 Å². The van der Waals surface area contributed by atoms with E-state index >= 15 is 0 Å². The van der Waals surface area contributed by atoms with Crippen LogP contribution in [-0.4, -0.2) is 27.4 Å². The third kappa shape index (κ3) is 17.8. The zero-order valence-corrected chi connectivity index (χ0v) is 86.9. The fourth-order valence-electron chi connectivity index (χ4n) is 23.2. The molecule has 12 heterocycles. The number of fused-ring (bicyclic) bond motifs is 18. The van der Waals surface area contributed by atoms with Crippen molar-refractivity contribution >= 4 is 0 Å². The van der Waals surface area contributed by atoms with Crippen molar-refractivity contribution in [1.82, 2.24) is 27.4 Å². The fraction of sp³-hybridized carbons (Fsp3) is 0.174. The molecular formula is C138H130N12+6. The van der Waals surface area contributed by atoms with Crippen LogP contribution in [0.25, 0.3) is 147 Å². The molecule has 0 spiro atoms. The van der Waals surface area contributed by atoms with Gasteiger partial charge in [-0.1, -0.05) is 389 Å². The zero-order chi connectivity index (χ0) is 111. The molecule has 0 saturated heterocycles. The van der Waals surface area contributed by atoms with Gasteiger partial charge in [-0.2, -0.15) is 27.4 Å². The highest BCUT2D eigenvalue weighted by atomic mass is 15.2. The lowest BCUT2D eigenvalue weighted by molar-refractivity contribution is -0.671. The average Bonchev–Trinajstić information content (AvgIpc) is 1.54. The van der Waals surface area contributed by atoms with Gasteiger partial charge in [-0.05, 0) is 158 Å². The maximum absolute atomic E-state index is 8.52. The summed E-state index contributed by atoms with van der Waals surface area (Å²) in [6, 6.07) is 130. The van der Waals surface area contributed by atoms with Crippen molar-refractivity contribution < 1.29 is 41.1 Å². The molecule has 16 aromatic carbocycles. The molecule has 12 heteroatoms. The molecule has 0 bridgehead atoms. The van der Waals surface area contributed by atoms with Crippen LogP contribution in [0.1, 0.15) is 182 Å². The van der Waals surface area contributed by atoms with Gasteiger partial charge < -0.3 is 0 Å². The third-order valence-corrected chi connectivity index (χ3v) is 30.3. The maximum atomic E-state index is 8.52. The SMILES string of the molecule is CC(C)c1cc(C(C)C)c(-n2cc[n+]3c2-c2ccccc2C3)c(C(C)C)c1.Cc1cccc(C)c1-[n+]1cc(-c2ccccc2)n2c1-c1ccccc1C2.Cc1cccc(C)c1-n1c(-c2ccccc2)c[n+]2c1-c1ccccc1C2.[2H]C([2H])([2H])C([2H])(C)c1ccccc1-n1cc[n+]2c1-c1ccccc1C2.[2H]C([2H])([2H])c1cccc(C([2H])([2H])[2H])c1-n1cc[n+]2c1-c1ccccc1C2.c1ccc(-c2cccc(-c3ccccc3)c2-n2cc[n+]3c2-c2ccccc2C3)cc1. The van der Waals surface area contributed by atoms with E-state index in [1.165, 1.54) is 205 Å². The van der Waals surface area contributed by atoms with Gasteiger partial charge in [-0.15, -0.1) is 0 Å². The molecule has 28 rings (SSSR count). The Labute approximate surface area is 897 Å². The summed E-state index contributed by atoms with van der Waals surface area (Å²) in [6.07, 6.45) is 21.0. The van der Waals surface area contributed by atoms with E-state index in [4.69, 9.17) is 13.7 Å². The average molecular weight is 1970 g/mol. The molecule has 6 aliphatic heterocycles. The largest absolute Gasteiger partial charge is 0.295 e. The van der Waals surface area contributed by atoms with Gasteiger partial charge >= 0.3 is 0 Å². The maximum Gasteiger partial charge on any atom is 0.295 e. The highest BCUT2D eigenvalue weighted by Gasteiger charge is 2.41. The van der Waals surface area contributed by atoms with Crippen LogP contribution in [0.15, 0.2) is 438 Å². The molecule has 6 aromatic heterocycles. The van der Waals surface area contributed by atoms with Crippen molar-refractivity contribution in [2.24, 2.45) is 0 Å². The minimum absolute atomic E-state index is 0.0366. The van der Waals surface area contributed by atoms with Gasteiger partial charge in [0.2, 0.25) is 0 Å². The highest BCUT2D eigenvalue weighted by Crippen LogP contribution is 2.45. The number of aryl methyl sites for hydroxylation is 6.